The number of hydrogen-bond donors (Lipinski definition) is 3. The molecular weight excluding hydrogens is 240 g/mol. The van der Waals surface area contributed by atoms with Crippen molar-refractivity contribution in [3.8, 4) is 0 Å². The van der Waals surface area contributed by atoms with Crippen LogP contribution >= 0.6 is 0 Å². The van der Waals surface area contributed by atoms with Gasteiger partial charge in [0.1, 0.15) is 0 Å². The summed E-state index contributed by atoms with van der Waals surface area (Å²) >= 11 is 0. The Morgan fingerprint density at radius 2 is 1.79 bits per heavy atom. The molecule has 0 unspecified atom stereocenters. The van der Waals surface area contributed by atoms with Gasteiger partial charge < -0.3 is 15.7 Å². The summed E-state index contributed by atoms with van der Waals surface area (Å²) in [7, 11) is 0. The van der Waals surface area contributed by atoms with Crippen LogP contribution in [0.15, 0.2) is 0 Å². The standard InChI is InChI=1S/C15H28N2O2/c1-11(15(19)17-13-7-3-4-8-13)16-10-12-6-2-5-9-14(12)18/h11-14,16,18H,2-10H2,1H3,(H,17,19)/t11-,12-,14+/m0/s1. The fourth-order valence-corrected chi connectivity index (χ4v) is 3.24. The summed E-state index contributed by atoms with van der Waals surface area (Å²) in [6, 6.07) is 0.228. The molecule has 4 nitrogen and oxygen atoms in total. The normalized spacial score (nSPS) is 30.2. The zero-order chi connectivity index (χ0) is 13.7. The molecule has 2 rings (SSSR count). The monoisotopic (exact) mass is 268 g/mol. The lowest BCUT2D eigenvalue weighted by Crippen LogP contribution is -2.47. The second-order valence-electron chi connectivity index (χ2n) is 6.23. The van der Waals surface area contributed by atoms with E-state index in [-0.39, 0.29) is 18.1 Å². The number of aliphatic hydroxyl groups is 1. The highest BCUT2D eigenvalue weighted by atomic mass is 16.3. The first-order chi connectivity index (χ1) is 9.16. The van der Waals surface area contributed by atoms with E-state index in [1.807, 2.05) is 6.92 Å². The van der Waals surface area contributed by atoms with Crippen molar-refractivity contribution in [1.29, 1.82) is 0 Å². The van der Waals surface area contributed by atoms with Crippen molar-refractivity contribution in [2.75, 3.05) is 6.54 Å². The average molecular weight is 268 g/mol. The minimum Gasteiger partial charge on any atom is -0.393 e. The Labute approximate surface area is 116 Å². The lowest BCUT2D eigenvalue weighted by Gasteiger charge is -2.29. The Bertz CT molecular complexity index is 290. The van der Waals surface area contributed by atoms with E-state index >= 15 is 0 Å². The van der Waals surface area contributed by atoms with E-state index in [1.165, 1.54) is 19.3 Å². The Hall–Kier alpha value is -0.610. The lowest BCUT2D eigenvalue weighted by molar-refractivity contribution is -0.123. The van der Waals surface area contributed by atoms with Gasteiger partial charge >= 0.3 is 0 Å². The van der Waals surface area contributed by atoms with Crippen LogP contribution in [-0.2, 0) is 4.79 Å². The summed E-state index contributed by atoms with van der Waals surface area (Å²) in [6.07, 6.45) is 8.86. The SMILES string of the molecule is C[C@H](NC[C@@H]1CCCC[C@H]1O)C(=O)NC1CCCC1. The van der Waals surface area contributed by atoms with Crippen LogP contribution in [0.5, 0.6) is 0 Å². The molecule has 2 aliphatic rings. The Balaban J connectivity index is 1.67. The molecule has 110 valence electrons. The average Bonchev–Trinajstić information content (AvgIpc) is 2.90. The van der Waals surface area contributed by atoms with Crippen molar-refractivity contribution in [3.63, 3.8) is 0 Å². The Morgan fingerprint density at radius 1 is 1.16 bits per heavy atom. The van der Waals surface area contributed by atoms with Gasteiger partial charge in [0.2, 0.25) is 5.91 Å². The minimum atomic E-state index is -0.189. The molecule has 3 N–H and O–H groups in total. The van der Waals surface area contributed by atoms with E-state index in [0.717, 1.165) is 38.6 Å². The molecular formula is C15H28N2O2. The second kappa shape index (κ2) is 7.25. The molecule has 0 spiro atoms. The molecule has 4 heteroatoms. The van der Waals surface area contributed by atoms with Crippen molar-refractivity contribution in [1.82, 2.24) is 10.6 Å². The van der Waals surface area contributed by atoms with Gasteiger partial charge in [0.15, 0.2) is 0 Å². The quantitative estimate of drug-likeness (QED) is 0.709. The van der Waals surface area contributed by atoms with E-state index in [4.69, 9.17) is 0 Å². The van der Waals surface area contributed by atoms with Crippen LogP contribution in [0.3, 0.4) is 0 Å². The summed E-state index contributed by atoms with van der Waals surface area (Å²) in [5, 5.41) is 16.3. The first kappa shape index (κ1) is 14.8. The predicted molar refractivity (Wildman–Crippen MR) is 75.8 cm³/mol. The summed E-state index contributed by atoms with van der Waals surface area (Å²) in [5.41, 5.74) is 0. The van der Waals surface area contributed by atoms with Crippen molar-refractivity contribution >= 4 is 5.91 Å². The molecule has 0 aliphatic heterocycles. The largest absolute Gasteiger partial charge is 0.393 e. The first-order valence-corrected chi connectivity index (χ1v) is 7.88. The third-order valence-corrected chi connectivity index (χ3v) is 4.65. The summed E-state index contributed by atoms with van der Waals surface area (Å²) in [4.78, 5) is 12.0. The smallest absolute Gasteiger partial charge is 0.237 e. The summed E-state index contributed by atoms with van der Waals surface area (Å²) in [5.74, 6) is 0.424. The van der Waals surface area contributed by atoms with E-state index in [9.17, 15) is 9.90 Å². The van der Waals surface area contributed by atoms with Crippen LogP contribution in [0.2, 0.25) is 0 Å². The molecule has 19 heavy (non-hydrogen) atoms. The molecule has 0 saturated heterocycles. The fourth-order valence-electron chi connectivity index (χ4n) is 3.24. The number of hydrogen-bond acceptors (Lipinski definition) is 3. The maximum absolute atomic E-state index is 12.0. The van der Waals surface area contributed by atoms with Crippen molar-refractivity contribution < 1.29 is 9.90 Å². The van der Waals surface area contributed by atoms with Crippen LogP contribution in [0.25, 0.3) is 0 Å². The topological polar surface area (TPSA) is 61.4 Å². The van der Waals surface area contributed by atoms with Gasteiger partial charge in [-0.3, -0.25) is 4.79 Å². The van der Waals surface area contributed by atoms with Gasteiger partial charge in [-0.25, -0.2) is 0 Å². The summed E-state index contributed by atoms with van der Waals surface area (Å²) < 4.78 is 0. The van der Waals surface area contributed by atoms with Crippen molar-refractivity contribution in [2.45, 2.75) is 76.5 Å². The number of nitrogens with one attached hydrogen (secondary N) is 2. The van der Waals surface area contributed by atoms with Crippen molar-refractivity contribution in [2.24, 2.45) is 5.92 Å². The van der Waals surface area contributed by atoms with Gasteiger partial charge in [-0.15, -0.1) is 0 Å². The molecule has 0 aromatic heterocycles. The number of aliphatic hydroxyl groups excluding tert-OH is 1. The minimum absolute atomic E-state index is 0.109. The zero-order valence-corrected chi connectivity index (χ0v) is 12.0. The third-order valence-electron chi connectivity index (χ3n) is 4.65. The van der Waals surface area contributed by atoms with E-state index in [1.54, 1.807) is 0 Å². The fraction of sp³-hybridized carbons (Fsp3) is 0.933. The van der Waals surface area contributed by atoms with Gasteiger partial charge in [-0.2, -0.15) is 0 Å². The van der Waals surface area contributed by atoms with Crippen LogP contribution in [0.1, 0.15) is 58.3 Å². The highest BCUT2D eigenvalue weighted by molar-refractivity contribution is 5.81. The molecule has 2 aliphatic carbocycles. The molecule has 2 saturated carbocycles. The third kappa shape index (κ3) is 4.46. The lowest BCUT2D eigenvalue weighted by atomic mass is 9.86. The van der Waals surface area contributed by atoms with Crippen LogP contribution in [-0.4, -0.2) is 35.7 Å². The molecule has 2 fully saturated rings. The van der Waals surface area contributed by atoms with Gasteiger partial charge in [0, 0.05) is 12.6 Å². The molecule has 3 atom stereocenters. The number of rotatable bonds is 5. The van der Waals surface area contributed by atoms with E-state index < -0.39 is 0 Å². The van der Waals surface area contributed by atoms with Gasteiger partial charge in [0.05, 0.1) is 12.1 Å². The van der Waals surface area contributed by atoms with Gasteiger partial charge in [-0.05, 0) is 38.5 Å². The zero-order valence-electron chi connectivity index (χ0n) is 12.0. The highest BCUT2D eigenvalue weighted by Crippen LogP contribution is 2.23. The van der Waals surface area contributed by atoms with E-state index in [0.29, 0.717) is 12.0 Å². The Morgan fingerprint density at radius 3 is 2.47 bits per heavy atom. The van der Waals surface area contributed by atoms with Crippen LogP contribution in [0.4, 0.5) is 0 Å². The van der Waals surface area contributed by atoms with Crippen molar-refractivity contribution in [3.05, 3.63) is 0 Å². The maximum Gasteiger partial charge on any atom is 0.237 e. The highest BCUT2D eigenvalue weighted by Gasteiger charge is 2.25. The number of carbonyl (C=O) groups is 1. The summed E-state index contributed by atoms with van der Waals surface area (Å²) in [6.45, 7) is 2.67. The van der Waals surface area contributed by atoms with Crippen LogP contribution < -0.4 is 10.6 Å². The molecule has 0 bridgehead atoms. The first-order valence-electron chi connectivity index (χ1n) is 7.88. The maximum atomic E-state index is 12.0. The van der Waals surface area contributed by atoms with Gasteiger partial charge in [0.25, 0.3) is 0 Å². The van der Waals surface area contributed by atoms with Crippen LogP contribution in [0, 0.1) is 5.92 Å². The number of amides is 1. The second-order valence-corrected chi connectivity index (χ2v) is 6.23. The molecule has 0 aromatic rings. The van der Waals surface area contributed by atoms with E-state index in [2.05, 4.69) is 10.6 Å². The molecule has 0 heterocycles. The molecule has 0 aromatic carbocycles. The van der Waals surface area contributed by atoms with Gasteiger partial charge in [-0.1, -0.05) is 25.7 Å². The molecule has 0 radical (unpaired) electrons. The Kier molecular flexibility index (Phi) is 5.64. The number of carbonyl (C=O) groups excluding carboxylic acids is 1. The predicted octanol–water partition coefficient (Wildman–Crippen LogP) is 1.57. The molecule has 1 amide bonds.